The number of anilines is 1. The molecule has 2 heterocycles. The molecule has 0 spiro atoms. The summed E-state index contributed by atoms with van der Waals surface area (Å²) in [7, 11) is 0. The molecule has 0 fully saturated rings. The number of carbonyl (C=O) groups is 1. The van der Waals surface area contributed by atoms with E-state index in [1.165, 1.54) is 46.4 Å². The fourth-order valence-corrected chi connectivity index (χ4v) is 4.19. The van der Waals surface area contributed by atoms with Gasteiger partial charge in [0, 0.05) is 10.6 Å². The number of nitrogens with zero attached hydrogens (tertiary/aromatic N) is 5. The molecule has 188 valence electrons. The predicted octanol–water partition coefficient (Wildman–Crippen LogP) is 5.45. The monoisotopic (exact) mass is 526 g/mol. The second-order valence-corrected chi connectivity index (χ2v) is 8.46. The van der Waals surface area contributed by atoms with Crippen LogP contribution < -0.4 is 9.64 Å². The smallest absolute Gasteiger partial charge is 0.387 e. The average Bonchev–Trinajstić information content (AvgIpc) is 3.53. The summed E-state index contributed by atoms with van der Waals surface area (Å²) in [5, 5.41) is 8.22. The van der Waals surface area contributed by atoms with Crippen LogP contribution in [0.5, 0.6) is 5.75 Å². The average molecular weight is 527 g/mol. The Morgan fingerprint density at radius 1 is 1.14 bits per heavy atom. The van der Waals surface area contributed by atoms with Gasteiger partial charge in [0.1, 0.15) is 17.9 Å². The molecular formula is C25H18ClF3N6O2. The summed E-state index contributed by atoms with van der Waals surface area (Å²) in [6.07, 6.45) is 2.97. The number of fused-ring (bicyclic) bond motifs is 1. The second-order valence-electron chi connectivity index (χ2n) is 8.02. The fourth-order valence-electron chi connectivity index (χ4n) is 3.95. The maximum atomic E-state index is 14.1. The molecule has 8 nitrogen and oxygen atoms in total. The SMILES string of the molecule is O=C(Cn1nnc2ccccc21)N(Cc1cc(F)cc(Cl)c1)c1ccc(-c2cnc[nH]2)cc1OC(F)F. The van der Waals surface area contributed by atoms with Crippen molar-refractivity contribution in [2.24, 2.45) is 0 Å². The lowest BCUT2D eigenvalue weighted by Gasteiger charge is -2.26. The van der Waals surface area contributed by atoms with Crippen molar-refractivity contribution in [3.8, 4) is 17.0 Å². The van der Waals surface area contributed by atoms with Crippen molar-refractivity contribution < 1.29 is 22.7 Å². The molecule has 3 aromatic carbocycles. The summed E-state index contributed by atoms with van der Waals surface area (Å²) in [6, 6.07) is 15.4. The molecule has 0 aliphatic carbocycles. The lowest BCUT2D eigenvalue weighted by Crippen LogP contribution is -2.34. The van der Waals surface area contributed by atoms with Crippen LogP contribution in [0.25, 0.3) is 22.3 Å². The number of aromatic nitrogens is 5. The molecule has 5 rings (SSSR count). The number of amides is 1. The molecule has 0 saturated heterocycles. The van der Waals surface area contributed by atoms with Crippen molar-refractivity contribution in [2.45, 2.75) is 19.7 Å². The Balaban J connectivity index is 1.57. The van der Waals surface area contributed by atoms with E-state index in [1.54, 1.807) is 30.3 Å². The van der Waals surface area contributed by atoms with Crippen LogP contribution in [0.2, 0.25) is 5.02 Å². The Labute approximate surface area is 213 Å². The number of imidazole rings is 1. The van der Waals surface area contributed by atoms with Gasteiger partial charge in [0.25, 0.3) is 0 Å². The molecule has 0 unspecified atom stereocenters. The largest absolute Gasteiger partial charge is 0.433 e. The Morgan fingerprint density at radius 3 is 2.73 bits per heavy atom. The van der Waals surface area contributed by atoms with Crippen molar-refractivity contribution in [3.63, 3.8) is 0 Å². The minimum absolute atomic E-state index is 0.0540. The van der Waals surface area contributed by atoms with Gasteiger partial charge in [-0.05, 0) is 48.0 Å². The van der Waals surface area contributed by atoms with Crippen molar-refractivity contribution in [3.05, 3.63) is 89.6 Å². The number of alkyl halides is 2. The first kappa shape index (κ1) is 24.3. The number of ether oxygens (including phenoxy) is 1. The summed E-state index contributed by atoms with van der Waals surface area (Å²) < 4.78 is 47.1. The number of H-pyrrole nitrogens is 1. The summed E-state index contributed by atoms with van der Waals surface area (Å²) in [5.41, 5.74) is 2.68. The molecule has 37 heavy (non-hydrogen) atoms. The van der Waals surface area contributed by atoms with Gasteiger partial charge in [0.05, 0.1) is 36.0 Å². The summed E-state index contributed by atoms with van der Waals surface area (Å²) in [4.78, 5) is 21.7. The maximum Gasteiger partial charge on any atom is 0.387 e. The molecule has 5 aromatic rings. The van der Waals surface area contributed by atoms with Gasteiger partial charge in [-0.1, -0.05) is 35.0 Å². The Kier molecular flexibility index (Phi) is 6.78. The Hall–Kier alpha value is -4.38. The van der Waals surface area contributed by atoms with E-state index in [4.69, 9.17) is 16.3 Å². The van der Waals surface area contributed by atoms with Crippen molar-refractivity contribution in [1.29, 1.82) is 0 Å². The van der Waals surface area contributed by atoms with Crippen LogP contribution in [-0.2, 0) is 17.9 Å². The molecule has 0 bridgehead atoms. The molecular weight excluding hydrogens is 509 g/mol. The molecule has 0 radical (unpaired) electrons. The van der Waals surface area contributed by atoms with Crippen molar-refractivity contribution >= 4 is 34.2 Å². The van der Waals surface area contributed by atoms with Gasteiger partial charge in [-0.2, -0.15) is 8.78 Å². The topological polar surface area (TPSA) is 88.9 Å². The molecule has 1 amide bonds. The van der Waals surface area contributed by atoms with E-state index < -0.39 is 18.3 Å². The van der Waals surface area contributed by atoms with Gasteiger partial charge in [0.2, 0.25) is 5.91 Å². The van der Waals surface area contributed by atoms with Crippen LogP contribution in [0.4, 0.5) is 18.9 Å². The lowest BCUT2D eigenvalue weighted by molar-refractivity contribution is -0.119. The standard InChI is InChI=1S/C25H18ClF3N6O2/c26-17-7-15(8-18(27)10-17)12-34(24(36)13-35-21-4-2-1-3-19(21)32-33-35)22-6-5-16(20-11-30-14-31-20)9-23(22)37-25(28)29/h1-11,14,25H,12-13H2,(H,30,31). The van der Waals surface area contributed by atoms with Gasteiger partial charge >= 0.3 is 6.61 Å². The molecule has 12 heteroatoms. The minimum atomic E-state index is -3.16. The number of aromatic amines is 1. The molecule has 0 saturated carbocycles. The molecule has 2 aromatic heterocycles. The third-order valence-corrected chi connectivity index (χ3v) is 5.76. The van der Waals surface area contributed by atoms with Crippen LogP contribution >= 0.6 is 11.6 Å². The highest BCUT2D eigenvalue weighted by Gasteiger charge is 2.24. The van der Waals surface area contributed by atoms with Gasteiger partial charge < -0.3 is 14.6 Å². The van der Waals surface area contributed by atoms with Gasteiger partial charge in [-0.25, -0.2) is 14.1 Å². The highest BCUT2D eigenvalue weighted by Crippen LogP contribution is 2.35. The fraction of sp³-hybridized carbons (Fsp3) is 0.120. The van der Waals surface area contributed by atoms with Gasteiger partial charge in [0.15, 0.2) is 5.75 Å². The summed E-state index contributed by atoms with van der Waals surface area (Å²) in [6.45, 7) is -3.60. The predicted molar refractivity (Wildman–Crippen MR) is 131 cm³/mol. The highest BCUT2D eigenvalue weighted by atomic mass is 35.5. The third kappa shape index (κ3) is 5.41. The molecule has 0 aliphatic heterocycles. The number of para-hydroxylation sites is 1. The summed E-state index contributed by atoms with van der Waals surface area (Å²) in [5.74, 6) is -1.37. The Morgan fingerprint density at radius 2 is 1.97 bits per heavy atom. The lowest BCUT2D eigenvalue weighted by atomic mass is 10.1. The van der Waals surface area contributed by atoms with Crippen LogP contribution in [0.15, 0.2) is 73.2 Å². The van der Waals surface area contributed by atoms with Gasteiger partial charge in [-0.15, -0.1) is 5.10 Å². The van der Waals surface area contributed by atoms with Gasteiger partial charge in [-0.3, -0.25) is 4.79 Å². The van der Waals surface area contributed by atoms with Crippen LogP contribution in [0.1, 0.15) is 5.56 Å². The van der Waals surface area contributed by atoms with Crippen LogP contribution in [-0.4, -0.2) is 37.5 Å². The number of halogens is 4. The van der Waals surface area contributed by atoms with E-state index in [2.05, 4.69) is 20.3 Å². The van der Waals surface area contributed by atoms with E-state index >= 15 is 0 Å². The quantitative estimate of drug-likeness (QED) is 0.290. The first-order chi connectivity index (χ1) is 17.9. The zero-order valence-corrected chi connectivity index (χ0v) is 19.7. The number of hydrogen-bond donors (Lipinski definition) is 1. The maximum absolute atomic E-state index is 14.1. The Bertz CT molecular complexity index is 1540. The zero-order chi connectivity index (χ0) is 25.9. The number of hydrogen-bond acceptors (Lipinski definition) is 5. The molecule has 1 N–H and O–H groups in total. The first-order valence-corrected chi connectivity index (χ1v) is 11.4. The number of nitrogens with one attached hydrogen (secondary N) is 1. The number of benzene rings is 3. The number of rotatable bonds is 8. The van der Waals surface area contributed by atoms with Crippen LogP contribution in [0.3, 0.4) is 0 Å². The zero-order valence-electron chi connectivity index (χ0n) is 19.0. The second kappa shape index (κ2) is 10.3. The number of carbonyl (C=O) groups excluding carboxylic acids is 1. The minimum Gasteiger partial charge on any atom is -0.433 e. The van der Waals surface area contributed by atoms with E-state index in [9.17, 15) is 18.0 Å². The first-order valence-electron chi connectivity index (χ1n) is 11.0. The van der Waals surface area contributed by atoms with E-state index in [0.717, 1.165) is 6.07 Å². The normalized spacial score (nSPS) is 11.3. The van der Waals surface area contributed by atoms with Crippen molar-refractivity contribution in [1.82, 2.24) is 25.0 Å². The van der Waals surface area contributed by atoms with E-state index in [0.29, 0.717) is 27.9 Å². The van der Waals surface area contributed by atoms with Crippen LogP contribution in [0, 0.1) is 5.82 Å². The van der Waals surface area contributed by atoms with Crippen molar-refractivity contribution in [2.75, 3.05) is 4.90 Å². The summed E-state index contributed by atoms with van der Waals surface area (Å²) >= 11 is 6.02. The van der Waals surface area contributed by atoms with E-state index in [-0.39, 0.29) is 29.5 Å². The third-order valence-electron chi connectivity index (χ3n) is 5.55. The molecule has 0 atom stereocenters. The highest BCUT2D eigenvalue weighted by molar-refractivity contribution is 6.30. The van der Waals surface area contributed by atoms with E-state index in [1.807, 2.05) is 0 Å². The molecule has 0 aliphatic rings.